The van der Waals surface area contributed by atoms with Gasteiger partial charge in [0.15, 0.2) is 5.17 Å². The summed E-state index contributed by atoms with van der Waals surface area (Å²) in [6.07, 6.45) is -2.93. The number of ether oxygens (including phenoxy) is 2. The summed E-state index contributed by atoms with van der Waals surface area (Å²) in [5.41, 5.74) is 1.95. The zero-order valence-electron chi connectivity index (χ0n) is 15.0. The van der Waals surface area contributed by atoms with E-state index in [1.807, 2.05) is 51.0 Å². The van der Waals surface area contributed by atoms with E-state index >= 15 is 0 Å². The van der Waals surface area contributed by atoms with Crippen LogP contribution in [0.2, 0.25) is 0 Å². The van der Waals surface area contributed by atoms with Crippen LogP contribution in [0.3, 0.4) is 0 Å². The molecule has 1 fully saturated rings. The number of aliphatic imine (C=N–C) groups is 1. The Morgan fingerprint density at radius 2 is 2.08 bits per heavy atom. The molecule has 0 bridgehead atoms. The van der Waals surface area contributed by atoms with Gasteiger partial charge in [0.05, 0.1) is 12.7 Å². The van der Waals surface area contributed by atoms with Crippen LogP contribution in [0.1, 0.15) is 18.1 Å². The van der Waals surface area contributed by atoms with Crippen LogP contribution in [0.5, 0.6) is 0 Å². The van der Waals surface area contributed by atoms with Gasteiger partial charge in [-0.05, 0) is 19.4 Å². The molecule has 0 spiro atoms. The number of hydrogen-bond acceptors (Lipinski definition) is 7. The second-order valence-corrected chi connectivity index (χ2v) is 7.94. The van der Waals surface area contributed by atoms with Crippen molar-refractivity contribution in [1.29, 1.82) is 0 Å². The number of benzene rings is 1. The van der Waals surface area contributed by atoms with Gasteiger partial charge < -0.3 is 24.6 Å². The third-order valence-electron chi connectivity index (χ3n) is 4.53. The van der Waals surface area contributed by atoms with Gasteiger partial charge in [-0.1, -0.05) is 41.6 Å². The molecule has 0 unspecified atom stereocenters. The molecule has 6 atom stereocenters. The highest BCUT2D eigenvalue weighted by molar-refractivity contribution is 8.14. The Morgan fingerprint density at radius 1 is 1.32 bits per heavy atom. The van der Waals surface area contributed by atoms with Crippen LogP contribution in [0.25, 0.3) is 0 Å². The first-order valence-electron chi connectivity index (χ1n) is 8.47. The number of fused-ring (bicyclic) bond motifs is 1. The van der Waals surface area contributed by atoms with Gasteiger partial charge in [-0.15, -0.1) is 0 Å². The van der Waals surface area contributed by atoms with Gasteiger partial charge in [-0.3, -0.25) is 4.99 Å². The summed E-state index contributed by atoms with van der Waals surface area (Å²) < 4.78 is 11.9. The number of aliphatic hydroxyl groups is 2. The molecule has 7 heteroatoms. The molecule has 2 aliphatic rings. The van der Waals surface area contributed by atoms with Crippen molar-refractivity contribution in [3.63, 3.8) is 0 Å². The summed E-state index contributed by atoms with van der Waals surface area (Å²) in [5, 5.41) is 21.7. The van der Waals surface area contributed by atoms with E-state index in [1.165, 1.54) is 17.3 Å². The molecular weight excluding hydrogens is 340 g/mol. The molecule has 0 amide bonds. The van der Waals surface area contributed by atoms with Crippen LogP contribution in [0.4, 0.5) is 0 Å². The smallest absolute Gasteiger partial charge is 0.161 e. The van der Waals surface area contributed by atoms with Crippen molar-refractivity contribution in [3.8, 4) is 0 Å². The van der Waals surface area contributed by atoms with E-state index in [-0.39, 0.29) is 11.5 Å². The van der Waals surface area contributed by atoms with E-state index in [2.05, 4.69) is 11.1 Å². The van der Waals surface area contributed by atoms with Gasteiger partial charge in [-0.25, -0.2) is 0 Å². The van der Waals surface area contributed by atoms with Gasteiger partial charge in [0, 0.05) is 14.1 Å². The molecule has 2 aliphatic heterocycles. The van der Waals surface area contributed by atoms with Gasteiger partial charge in [0.25, 0.3) is 0 Å². The number of aliphatic hydroxyl groups excluding tert-OH is 2. The van der Waals surface area contributed by atoms with Crippen LogP contribution in [-0.4, -0.2) is 70.3 Å². The maximum atomic E-state index is 10.5. The van der Waals surface area contributed by atoms with Gasteiger partial charge in [0.2, 0.25) is 0 Å². The summed E-state index contributed by atoms with van der Waals surface area (Å²) in [7, 11) is 3.80. The standard InChI is InChI=1S/C18H26N2O4S/c1-10-6-5-7-12(8-10)9-23-11(2)16-15(22)14(21)13-17(24-16)25-18(19-13)20(3)4/h5-8,11,13-17,21-22H,9H2,1-4H3/t11-,13+,14+,15-,16+,17+/m0/s1. The lowest BCUT2D eigenvalue weighted by atomic mass is 9.95. The second kappa shape index (κ2) is 7.63. The Morgan fingerprint density at radius 3 is 2.76 bits per heavy atom. The topological polar surface area (TPSA) is 74.5 Å². The number of thioether (sulfide) groups is 1. The fourth-order valence-electron chi connectivity index (χ4n) is 3.10. The summed E-state index contributed by atoms with van der Waals surface area (Å²) in [5.74, 6) is 0. The maximum Gasteiger partial charge on any atom is 0.161 e. The Kier molecular flexibility index (Phi) is 5.70. The molecule has 6 nitrogen and oxygen atoms in total. The molecule has 2 heterocycles. The summed E-state index contributed by atoms with van der Waals surface area (Å²) in [6.45, 7) is 4.34. The molecule has 25 heavy (non-hydrogen) atoms. The third kappa shape index (κ3) is 4.01. The second-order valence-electron chi connectivity index (χ2n) is 6.87. The monoisotopic (exact) mass is 366 g/mol. The Hall–Kier alpha value is -1.12. The summed E-state index contributed by atoms with van der Waals surface area (Å²) in [6, 6.07) is 7.66. The summed E-state index contributed by atoms with van der Waals surface area (Å²) >= 11 is 1.47. The van der Waals surface area contributed by atoms with Crippen molar-refractivity contribution >= 4 is 16.9 Å². The fourth-order valence-corrected chi connectivity index (χ4v) is 4.25. The molecule has 3 rings (SSSR count). The highest BCUT2D eigenvalue weighted by Gasteiger charge is 2.50. The van der Waals surface area contributed by atoms with Gasteiger partial charge in [-0.2, -0.15) is 0 Å². The number of rotatable bonds is 4. The van der Waals surface area contributed by atoms with Gasteiger partial charge >= 0.3 is 0 Å². The van der Waals surface area contributed by atoms with E-state index in [1.54, 1.807) is 0 Å². The fraction of sp³-hybridized carbons (Fsp3) is 0.611. The first-order valence-corrected chi connectivity index (χ1v) is 9.35. The zero-order chi connectivity index (χ0) is 18.1. The molecule has 1 aromatic carbocycles. The minimum atomic E-state index is -1.03. The molecule has 0 saturated carbocycles. The van der Waals surface area contributed by atoms with Crippen molar-refractivity contribution in [1.82, 2.24) is 4.90 Å². The Balaban J connectivity index is 1.63. The molecule has 1 aromatic rings. The molecule has 0 aliphatic carbocycles. The van der Waals surface area contributed by atoms with E-state index < -0.39 is 24.4 Å². The molecule has 2 N–H and O–H groups in total. The lowest BCUT2D eigenvalue weighted by molar-refractivity contribution is -0.193. The van der Waals surface area contributed by atoms with Crippen LogP contribution in [0, 0.1) is 6.92 Å². The SMILES string of the molecule is Cc1cccc(CO[C@@H](C)[C@H]2O[C@@H]3SC(N(C)C)=N[C@@H]3[C@@H](O)[C@@H]2O)c1. The first kappa shape index (κ1) is 18.7. The van der Waals surface area contributed by atoms with Gasteiger partial charge in [0.1, 0.15) is 29.8 Å². The molecular formula is C18H26N2O4S. The zero-order valence-corrected chi connectivity index (χ0v) is 15.8. The van der Waals surface area contributed by atoms with Crippen molar-refractivity contribution in [2.45, 2.75) is 56.3 Å². The number of amidine groups is 1. The molecule has 1 saturated heterocycles. The summed E-state index contributed by atoms with van der Waals surface area (Å²) in [4.78, 5) is 6.35. The minimum Gasteiger partial charge on any atom is -0.388 e. The Labute approximate surface area is 152 Å². The molecule has 0 radical (unpaired) electrons. The quantitative estimate of drug-likeness (QED) is 0.839. The largest absolute Gasteiger partial charge is 0.388 e. The molecule has 138 valence electrons. The number of nitrogens with zero attached hydrogens (tertiary/aromatic N) is 2. The highest BCUT2D eigenvalue weighted by Crippen LogP contribution is 2.38. The lowest BCUT2D eigenvalue weighted by Crippen LogP contribution is -2.58. The minimum absolute atomic E-state index is 0.300. The van der Waals surface area contributed by atoms with E-state index in [0.29, 0.717) is 6.61 Å². The average molecular weight is 366 g/mol. The van der Waals surface area contributed by atoms with Crippen molar-refractivity contribution in [2.24, 2.45) is 4.99 Å². The third-order valence-corrected chi connectivity index (χ3v) is 5.83. The van der Waals surface area contributed by atoms with Crippen molar-refractivity contribution < 1.29 is 19.7 Å². The Bertz CT molecular complexity index is 639. The van der Waals surface area contributed by atoms with E-state index in [0.717, 1.165) is 10.7 Å². The van der Waals surface area contributed by atoms with Crippen LogP contribution in [0.15, 0.2) is 29.3 Å². The van der Waals surface area contributed by atoms with Crippen LogP contribution < -0.4 is 0 Å². The maximum absolute atomic E-state index is 10.5. The highest BCUT2D eigenvalue weighted by atomic mass is 32.2. The van der Waals surface area contributed by atoms with Crippen molar-refractivity contribution in [2.75, 3.05) is 14.1 Å². The predicted octanol–water partition coefficient (Wildman–Crippen LogP) is 1.38. The normalized spacial score (nSPS) is 32.9. The van der Waals surface area contributed by atoms with Crippen LogP contribution in [-0.2, 0) is 16.1 Å². The first-order chi connectivity index (χ1) is 11.9. The lowest BCUT2D eigenvalue weighted by Gasteiger charge is -2.40. The number of hydrogen-bond donors (Lipinski definition) is 2. The van der Waals surface area contributed by atoms with Crippen molar-refractivity contribution in [3.05, 3.63) is 35.4 Å². The average Bonchev–Trinajstić information content (AvgIpc) is 3.01. The number of aryl methyl sites for hydroxylation is 1. The predicted molar refractivity (Wildman–Crippen MR) is 98.6 cm³/mol. The van der Waals surface area contributed by atoms with E-state index in [9.17, 15) is 10.2 Å². The molecule has 0 aromatic heterocycles. The van der Waals surface area contributed by atoms with E-state index in [4.69, 9.17) is 9.47 Å². The van der Waals surface area contributed by atoms with Crippen LogP contribution >= 0.6 is 11.8 Å².